The van der Waals surface area contributed by atoms with Crippen LogP contribution in [0.25, 0.3) is 72.1 Å². The predicted molar refractivity (Wildman–Crippen MR) is 212 cm³/mol. The monoisotopic (exact) mass is 659 g/mol. The first-order chi connectivity index (χ1) is 24.9. The molecule has 0 spiro atoms. The van der Waals surface area contributed by atoms with E-state index in [0.717, 1.165) is 39.0 Å². The van der Waals surface area contributed by atoms with Crippen molar-refractivity contribution in [3.63, 3.8) is 0 Å². The normalized spacial score (nSPS) is 17.0. The Hall–Kier alpha value is -5.54. The standard InChI is InChI=1S/C48H41N3/c1-48(2,3)47-50-45-39(18-11-19-40(45)46-49-43-28-41-32-20-22-33(23-21-32)42(41)29-44(43)51(46)47)35-17-10-16-34(24-35)38-26-36(30-12-6-4-7-13-30)25-37(27-38)31-14-8-5-9-15-31/h4-19,24-29,32-33H,20-23H2,1-3H3. The van der Waals surface area contributed by atoms with Gasteiger partial charge in [0.05, 0.1) is 16.6 Å². The molecule has 6 aromatic carbocycles. The van der Waals surface area contributed by atoms with Crippen LogP contribution in [0.15, 0.2) is 133 Å². The van der Waals surface area contributed by atoms with Crippen molar-refractivity contribution in [2.75, 3.05) is 0 Å². The summed E-state index contributed by atoms with van der Waals surface area (Å²) < 4.78 is 2.38. The Bertz CT molecular complexity index is 2560. The van der Waals surface area contributed by atoms with E-state index in [1.165, 1.54) is 64.6 Å². The number of aromatic nitrogens is 3. The molecule has 0 aliphatic heterocycles. The molecule has 0 unspecified atom stereocenters. The molecule has 3 heteroatoms. The van der Waals surface area contributed by atoms with Crippen LogP contribution in [0.2, 0.25) is 0 Å². The maximum atomic E-state index is 5.57. The first-order valence-corrected chi connectivity index (χ1v) is 18.5. The van der Waals surface area contributed by atoms with Gasteiger partial charge in [-0.05, 0) is 130 Å². The van der Waals surface area contributed by atoms with Crippen LogP contribution in [0.3, 0.4) is 0 Å². The zero-order valence-corrected chi connectivity index (χ0v) is 29.5. The van der Waals surface area contributed by atoms with Crippen molar-refractivity contribution in [2.45, 2.75) is 63.7 Å². The van der Waals surface area contributed by atoms with Crippen molar-refractivity contribution in [3.8, 4) is 44.5 Å². The maximum absolute atomic E-state index is 5.57. The summed E-state index contributed by atoms with van der Waals surface area (Å²) >= 11 is 0. The van der Waals surface area contributed by atoms with Gasteiger partial charge in [-0.3, -0.25) is 4.40 Å². The van der Waals surface area contributed by atoms with Crippen molar-refractivity contribution < 1.29 is 0 Å². The van der Waals surface area contributed by atoms with E-state index in [2.05, 4.69) is 159 Å². The van der Waals surface area contributed by atoms with Gasteiger partial charge in [0.2, 0.25) is 0 Å². The maximum Gasteiger partial charge on any atom is 0.148 e. The molecule has 2 bridgehead atoms. The summed E-state index contributed by atoms with van der Waals surface area (Å²) in [5.41, 5.74) is 16.8. The molecular weight excluding hydrogens is 619 g/mol. The predicted octanol–water partition coefficient (Wildman–Crippen LogP) is 12.8. The van der Waals surface area contributed by atoms with Crippen molar-refractivity contribution in [3.05, 3.63) is 150 Å². The highest BCUT2D eigenvalue weighted by Crippen LogP contribution is 2.50. The van der Waals surface area contributed by atoms with Crippen molar-refractivity contribution in [2.24, 2.45) is 0 Å². The average Bonchev–Trinajstić information content (AvgIpc) is 3.56. The fraction of sp³-hybridized carbons (Fsp3) is 0.208. The van der Waals surface area contributed by atoms with Gasteiger partial charge in [-0.25, -0.2) is 9.97 Å². The van der Waals surface area contributed by atoms with Gasteiger partial charge in [-0.2, -0.15) is 0 Å². The third-order valence-electron chi connectivity index (χ3n) is 11.5. The lowest BCUT2D eigenvalue weighted by Gasteiger charge is -2.38. The Morgan fingerprint density at radius 2 is 1.04 bits per heavy atom. The van der Waals surface area contributed by atoms with Gasteiger partial charge in [0.25, 0.3) is 0 Å². The van der Waals surface area contributed by atoms with Crippen molar-refractivity contribution in [1.29, 1.82) is 0 Å². The number of para-hydroxylation sites is 1. The van der Waals surface area contributed by atoms with Gasteiger partial charge in [-0.15, -0.1) is 0 Å². The molecule has 0 saturated heterocycles. The van der Waals surface area contributed by atoms with E-state index in [9.17, 15) is 0 Å². The summed E-state index contributed by atoms with van der Waals surface area (Å²) in [5.74, 6) is 2.43. The molecule has 1 fully saturated rings. The molecule has 0 radical (unpaired) electrons. The second kappa shape index (κ2) is 11.5. The second-order valence-corrected chi connectivity index (χ2v) is 15.8. The zero-order valence-electron chi connectivity index (χ0n) is 29.5. The quantitative estimate of drug-likeness (QED) is 0.188. The third-order valence-corrected chi connectivity index (χ3v) is 11.5. The largest absolute Gasteiger partial charge is 0.279 e. The van der Waals surface area contributed by atoms with Gasteiger partial charge in [0.15, 0.2) is 0 Å². The molecule has 3 aliphatic carbocycles. The lowest BCUT2D eigenvalue weighted by molar-refractivity contribution is 0.359. The van der Waals surface area contributed by atoms with E-state index >= 15 is 0 Å². The lowest BCUT2D eigenvalue weighted by Crippen LogP contribution is -2.22. The van der Waals surface area contributed by atoms with Crippen LogP contribution in [0, 0.1) is 0 Å². The molecule has 3 nitrogen and oxygen atoms in total. The Balaban J connectivity index is 1.16. The number of benzene rings is 6. The fourth-order valence-electron chi connectivity index (χ4n) is 8.97. The van der Waals surface area contributed by atoms with E-state index in [-0.39, 0.29) is 5.41 Å². The molecular formula is C48H41N3. The van der Waals surface area contributed by atoms with Crippen LogP contribution >= 0.6 is 0 Å². The average molecular weight is 660 g/mol. The molecule has 2 aromatic heterocycles. The summed E-state index contributed by atoms with van der Waals surface area (Å²) in [7, 11) is 0. The summed E-state index contributed by atoms with van der Waals surface area (Å²) in [6.07, 6.45) is 5.28. The number of imidazole rings is 1. The van der Waals surface area contributed by atoms with Gasteiger partial charge >= 0.3 is 0 Å². The zero-order chi connectivity index (χ0) is 34.3. The van der Waals surface area contributed by atoms with Crippen LogP contribution < -0.4 is 0 Å². The van der Waals surface area contributed by atoms with E-state index in [1.54, 1.807) is 11.1 Å². The van der Waals surface area contributed by atoms with E-state index in [1.807, 2.05) is 0 Å². The van der Waals surface area contributed by atoms with Gasteiger partial charge in [-0.1, -0.05) is 112 Å². The topological polar surface area (TPSA) is 30.2 Å². The summed E-state index contributed by atoms with van der Waals surface area (Å²) in [6.45, 7) is 6.83. The molecule has 248 valence electrons. The van der Waals surface area contributed by atoms with E-state index < -0.39 is 0 Å². The highest BCUT2D eigenvalue weighted by molar-refractivity contribution is 6.03. The smallest absolute Gasteiger partial charge is 0.148 e. The fourth-order valence-corrected chi connectivity index (χ4v) is 8.97. The molecule has 51 heavy (non-hydrogen) atoms. The SMILES string of the molecule is CC(C)(C)c1nc2c(-c3cccc(-c4cc(-c5ccccc5)cc(-c5ccccc5)c4)c3)cccc2c2nc3cc4c(cc3n12)C1CCC4CC1. The van der Waals surface area contributed by atoms with Crippen LogP contribution in [0.4, 0.5) is 0 Å². The second-order valence-electron chi connectivity index (χ2n) is 15.8. The van der Waals surface area contributed by atoms with Gasteiger partial charge in [0.1, 0.15) is 11.5 Å². The van der Waals surface area contributed by atoms with E-state index in [0.29, 0.717) is 11.8 Å². The molecule has 3 aliphatic rings. The molecule has 0 N–H and O–H groups in total. The summed E-state index contributed by atoms with van der Waals surface area (Å²) in [6, 6.07) is 48.8. The molecule has 8 aromatic rings. The first-order valence-electron chi connectivity index (χ1n) is 18.5. The Labute approximate surface area is 299 Å². The Kier molecular flexibility index (Phi) is 6.83. The summed E-state index contributed by atoms with van der Waals surface area (Å²) in [4.78, 5) is 11.0. The number of rotatable bonds is 4. The minimum absolute atomic E-state index is 0.185. The number of nitrogens with zero attached hydrogens (tertiary/aromatic N) is 3. The number of hydrogen-bond donors (Lipinski definition) is 0. The van der Waals surface area contributed by atoms with Gasteiger partial charge in [0, 0.05) is 16.4 Å². The minimum Gasteiger partial charge on any atom is -0.279 e. The first kappa shape index (κ1) is 30.3. The number of fused-ring (bicyclic) bond motifs is 7. The van der Waals surface area contributed by atoms with Crippen LogP contribution in [0.5, 0.6) is 0 Å². The highest BCUT2D eigenvalue weighted by atomic mass is 15.1. The van der Waals surface area contributed by atoms with Crippen molar-refractivity contribution in [1.82, 2.24) is 14.4 Å². The molecule has 0 amide bonds. The minimum atomic E-state index is -0.185. The number of hydrogen-bond acceptors (Lipinski definition) is 2. The van der Waals surface area contributed by atoms with E-state index in [4.69, 9.17) is 9.97 Å². The molecule has 0 atom stereocenters. The Morgan fingerprint density at radius 3 is 1.67 bits per heavy atom. The van der Waals surface area contributed by atoms with Gasteiger partial charge < -0.3 is 0 Å². The molecule has 2 heterocycles. The lowest BCUT2D eigenvalue weighted by atomic mass is 9.67. The Morgan fingerprint density at radius 1 is 0.510 bits per heavy atom. The van der Waals surface area contributed by atoms with Crippen LogP contribution in [-0.2, 0) is 5.41 Å². The van der Waals surface area contributed by atoms with Crippen molar-refractivity contribution >= 4 is 27.6 Å². The third kappa shape index (κ3) is 5.01. The molecule has 11 rings (SSSR count). The summed E-state index contributed by atoms with van der Waals surface area (Å²) in [5, 5.41) is 1.10. The highest BCUT2D eigenvalue weighted by Gasteiger charge is 2.34. The van der Waals surface area contributed by atoms with Crippen LogP contribution in [-0.4, -0.2) is 14.4 Å². The van der Waals surface area contributed by atoms with Crippen LogP contribution in [0.1, 0.15) is 75.2 Å². The molecule has 1 saturated carbocycles.